The van der Waals surface area contributed by atoms with E-state index in [0.717, 1.165) is 17.7 Å². The zero-order valence-electron chi connectivity index (χ0n) is 15.8. The molecule has 2 amide bonds. The average molecular weight is 373 g/mol. The summed E-state index contributed by atoms with van der Waals surface area (Å²) >= 11 is 0. The lowest BCUT2D eigenvalue weighted by molar-refractivity contribution is 0.0953. The first kappa shape index (κ1) is 19.3. The van der Waals surface area contributed by atoms with Crippen molar-refractivity contribution in [2.75, 3.05) is 11.4 Å². The number of carbonyl (C=O) groups is 2. The lowest BCUT2D eigenvalue weighted by atomic mass is 10.1. The van der Waals surface area contributed by atoms with Crippen LogP contribution < -0.4 is 10.2 Å². The van der Waals surface area contributed by atoms with Crippen LogP contribution in [0.1, 0.15) is 39.6 Å². The fourth-order valence-corrected chi connectivity index (χ4v) is 2.83. The Morgan fingerprint density at radius 3 is 2.25 bits per heavy atom. The normalized spacial score (nSPS) is 10.3. The largest absolute Gasteiger partial charge is 0.352 e. The molecule has 0 spiro atoms. The third kappa shape index (κ3) is 4.82. The van der Waals surface area contributed by atoms with E-state index in [1.165, 1.54) is 12.4 Å². The molecule has 0 unspecified atom stereocenters. The summed E-state index contributed by atoms with van der Waals surface area (Å²) in [5.74, 6) is -0.425. The number of para-hydroxylation sites is 1. The predicted molar refractivity (Wildman–Crippen MR) is 110 cm³/mol. The second-order valence-electron chi connectivity index (χ2n) is 6.43. The number of benzene rings is 2. The third-order valence-corrected chi connectivity index (χ3v) is 4.28. The summed E-state index contributed by atoms with van der Waals surface area (Å²) in [5.41, 5.74) is 2.57. The van der Waals surface area contributed by atoms with Crippen molar-refractivity contribution < 1.29 is 9.59 Å². The summed E-state index contributed by atoms with van der Waals surface area (Å²) < 4.78 is 0. The van der Waals surface area contributed by atoms with Crippen molar-refractivity contribution in [3.05, 3.63) is 95.8 Å². The van der Waals surface area contributed by atoms with Crippen LogP contribution in [0.25, 0.3) is 0 Å². The number of nitrogens with one attached hydrogen (secondary N) is 1. The molecule has 5 nitrogen and oxygen atoms in total. The van der Waals surface area contributed by atoms with Gasteiger partial charge in [0.25, 0.3) is 11.8 Å². The van der Waals surface area contributed by atoms with Crippen LogP contribution in [0.15, 0.2) is 79.1 Å². The fraction of sp³-hybridized carbons (Fsp3) is 0.174. The zero-order valence-corrected chi connectivity index (χ0v) is 15.8. The van der Waals surface area contributed by atoms with Gasteiger partial charge in [-0.3, -0.25) is 14.6 Å². The van der Waals surface area contributed by atoms with Crippen molar-refractivity contribution >= 4 is 17.5 Å². The van der Waals surface area contributed by atoms with Crippen molar-refractivity contribution in [2.24, 2.45) is 0 Å². The van der Waals surface area contributed by atoms with Gasteiger partial charge in [0.1, 0.15) is 0 Å². The van der Waals surface area contributed by atoms with Crippen LogP contribution in [0.4, 0.5) is 5.69 Å². The predicted octanol–water partition coefficient (Wildman–Crippen LogP) is 4.07. The van der Waals surface area contributed by atoms with Crippen LogP contribution in [0.5, 0.6) is 0 Å². The maximum absolute atomic E-state index is 13.3. The average Bonchev–Trinajstić information content (AvgIpc) is 2.76. The van der Waals surface area contributed by atoms with Gasteiger partial charge >= 0.3 is 0 Å². The van der Waals surface area contributed by atoms with E-state index < -0.39 is 0 Å². The molecule has 1 heterocycles. The second kappa shape index (κ2) is 9.46. The molecule has 1 aromatic heterocycles. The molecule has 0 saturated carbocycles. The minimum absolute atomic E-state index is 0.201. The van der Waals surface area contributed by atoms with Gasteiger partial charge in [-0.1, -0.05) is 55.5 Å². The number of aromatic nitrogens is 1. The number of hydrogen-bond donors (Lipinski definition) is 1. The van der Waals surface area contributed by atoms with Crippen molar-refractivity contribution in [2.45, 2.75) is 19.9 Å². The number of pyridine rings is 1. The van der Waals surface area contributed by atoms with Crippen molar-refractivity contribution in [3.8, 4) is 0 Å². The van der Waals surface area contributed by atoms with Crippen LogP contribution in [0.2, 0.25) is 0 Å². The Bertz CT molecular complexity index is 927. The highest BCUT2D eigenvalue weighted by molar-refractivity contribution is 6.07. The Kier molecular flexibility index (Phi) is 6.52. The highest BCUT2D eigenvalue weighted by Crippen LogP contribution is 2.20. The van der Waals surface area contributed by atoms with Gasteiger partial charge in [-0.15, -0.1) is 0 Å². The highest BCUT2D eigenvalue weighted by atomic mass is 16.2. The maximum atomic E-state index is 13.3. The van der Waals surface area contributed by atoms with E-state index in [0.29, 0.717) is 24.2 Å². The third-order valence-electron chi connectivity index (χ3n) is 4.28. The molecule has 2 aromatic carbocycles. The molecule has 0 aliphatic rings. The van der Waals surface area contributed by atoms with Gasteiger partial charge in [0, 0.05) is 24.6 Å². The summed E-state index contributed by atoms with van der Waals surface area (Å²) in [7, 11) is 0. The van der Waals surface area contributed by atoms with E-state index in [-0.39, 0.29) is 11.8 Å². The highest BCUT2D eigenvalue weighted by Gasteiger charge is 2.20. The summed E-state index contributed by atoms with van der Waals surface area (Å²) in [6.45, 7) is 3.00. The Morgan fingerprint density at radius 1 is 0.929 bits per heavy atom. The van der Waals surface area contributed by atoms with Crippen LogP contribution >= 0.6 is 0 Å². The number of carbonyl (C=O) groups excluding carboxylic acids is 2. The molecule has 142 valence electrons. The maximum Gasteiger partial charge on any atom is 0.260 e. The SMILES string of the molecule is CCCNC(=O)c1cncc(C(=O)N(Cc2ccccc2)c2ccccc2)c1. The van der Waals surface area contributed by atoms with Gasteiger partial charge in [0.15, 0.2) is 0 Å². The molecule has 5 heteroatoms. The molecule has 0 aliphatic carbocycles. The molecule has 28 heavy (non-hydrogen) atoms. The van der Waals surface area contributed by atoms with E-state index in [1.807, 2.05) is 67.6 Å². The Morgan fingerprint density at radius 2 is 1.57 bits per heavy atom. The van der Waals surface area contributed by atoms with Crippen LogP contribution in [0.3, 0.4) is 0 Å². The van der Waals surface area contributed by atoms with E-state index in [1.54, 1.807) is 11.0 Å². The molecular formula is C23H23N3O2. The molecule has 3 rings (SSSR count). The van der Waals surface area contributed by atoms with Gasteiger partial charge in [-0.25, -0.2) is 0 Å². The molecular weight excluding hydrogens is 350 g/mol. The first-order chi connectivity index (χ1) is 13.7. The van der Waals surface area contributed by atoms with E-state index in [4.69, 9.17) is 0 Å². The second-order valence-corrected chi connectivity index (χ2v) is 6.43. The van der Waals surface area contributed by atoms with Crippen LogP contribution in [-0.2, 0) is 6.54 Å². The van der Waals surface area contributed by atoms with Gasteiger partial charge in [0.2, 0.25) is 0 Å². The standard InChI is InChI=1S/C23H23N3O2/c1-2-13-25-22(27)19-14-20(16-24-15-19)23(28)26(21-11-7-4-8-12-21)17-18-9-5-3-6-10-18/h3-12,14-16H,2,13,17H2,1H3,(H,25,27). The van der Waals surface area contributed by atoms with E-state index in [2.05, 4.69) is 10.3 Å². The number of anilines is 1. The first-order valence-electron chi connectivity index (χ1n) is 9.33. The lowest BCUT2D eigenvalue weighted by Gasteiger charge is -2.23. The van der Waals surface area contributed by atoms with Gasteiger partial charge in [-0.05, 0) is 30.2 Å². The van der Waals surface area contributed by atoms with Gasteiger partial charge in [0.05, 0.1) is 17.7 Å². The zero-order chi connectivity index (χ0) is 19.8. The van der Waals surface area contributed by atoms with Gasteiger partial charge < -0.3 is 10.2 Å². The fourth-order valence-electron chi connectivity index (χ4n) is 2.83. The van der Waals surface area contributed by atoms with Crippen molar-refractivity contribution in [1.82, 2.24) is 10.3 Å². The number of rotatable bonds is 7. The monoisotopic (exact) mass is 373 g/mol. The molecule has 0 fully saturated rings. The Hall–Kier alpha value is -3.47. The minimum Gasteiger partial charge on any atom is -0.352 e. The summed E-state index contributed by atoms with van der Waals surface area (Å²) in [6, 6.07) is 20.9. The summed E-state index contributed by atoms with van der Waals surface area (Å²) in [4.78, 5) is 31.3. The van der Waals surface area contributed by atoms with Crippen molar-refractivity contribution in [3.63, 3.8) is 0 Å². The van der Waals surface area contributed by atoms with Gasteiger partial charge in [-0.2, -0.15) is 0 Å². The molecule has 3 aromatic rings. The summed E-state index contributed by atoms with van der Waals surface area (Å²) in [5, 5.41) is 2.81. The summed E-state index contributed by atoms with van der Waals surface area (Å²) in [6.07, 6.45) is 3.82. The number of amides is 2. The lowest BCUT2D eigenvalue weighted by Crippen LogP contribution is -2.31. The molecule has 0 atom stereocenters. The van der Waals surface area contributed by atoms with Crippen LogP contribution in [-0.4, -0.2) is 23.3 Å². The molecule has 0 radical (unpaired) electrons. The van der Waals surface area contributed by atoms with Crippen molar-refractivity contribution in [1.29, 1.82) is 0 Å². The quantitative estimate of drug-likeness (QED) is 0.679. The minimum atomic E-state index is -0.224. The molecule has 0 bridgehead atoms. The van der Waals surface area contributed by atoms with E-state index >= 15 is 0 Å². The number of nitrogens with zero attached hydrogens (tertiary/aromatic N) is 2. The van der Waals surface area contributed by atoms with E-state index in [9.17, 15) is 9.59 Å². The topological polar surface area (TPSA) is 62.3 Å². The molecule has 0 aliphatic heterocycles. The molecule has 0 saturated heterocycles. The first-order valence-corrected chi connectivity index (χ1v) is 9.33. The smallest absolute Gasteiger partial charge is 0.260 e. The molecule has 1 N–H and O–H groups in total. The number of hydrogen-bond acceptors (Lipinski definition) is 3. The Balaban J connectivity index is 1.90. The Labute approximate surface area is 165 Å². The van der Waals surface area contributed by atoms with Crippen LogP contribution in [0, 0.1) is 0 Å².